The second-order valence-corrected chi connectivity index (χ2v) is 3.10. The zero-order valence-electron chi connectivity index (χ0n) is 2.20. The van der Waals surface area contributed by atoms with Crippen LogP contribution in [-0.2, 0) is 4.57 Å². The second kappa shape index (κ2) is 6.62. The molecule has 0 aliphatic heterocycles. The average Bonchev–Trinajstić information content (AvgIpc) is 0.722. The van der Waals surface area contributed by atoms with Gasteiger partial charge in [-0.2, -0.15) is 0 Å². The van der Waals surface area contributed by atoms with E-state index in [-0.39, 0.29) is 59.1 Å². The molecule has 0 atom stereocenters. The van der Waals surface area contributed by atoms with Crippen LogP contribution in [0, 0.1) is 0 Å². The van der Waals surface area contributed by atoms with E-state index >= 15 is 0 Å². The Morgan fingerprint density at radius 2 is 1.29 bits per heavy atom. The van der Waals surface area contributed by atoms with E-state index in [1.165, 1.54) is 0 Å². The summed E-state index contributed by atoms with van der Waals surface area (Å²) in [4.78, 5) is 15.0. The van der Waals surface area contributed by atoms with Crippen LogP contribution < -0.4 is 0 Å². The van der Waals surface area contributed by atoms with Crippen LogP contribution in [0.1, 0.15) is 0 Å². The molecule has 0 aromatic heterocycles. The summed E-state index contributed by atoms with van der Waals surface area (Å²) >= 11 is 2.79. The van der Waals surface area contributed by atoms with Crippen molar-refractivity contribution in [3.63, 3.8) is 0 Å². The maximum atomic E-state index is 9.19. The number of hydrogen-bond acceptors (Lipinski definition) is 1. The Hall–Kier alpha value is 2.50. The third-order valence-corrected chi connectivity index (χ3v) is 0. The predicted molar refractivity (Wildman–Crippen MR) is 35.3 cm³/mol. The molecule has 0 saturated heterocycles. The van der Waals surface area contributed by atoms with Gasteiger partial charge in [-0.3, -0.25) is 0 Å². The monoisotopic (exact) mass is 162 g/mol. The van der Waals surface area contributed by atoms with E-state index in [1.807, 2.05) is 0 Å². The summed E-state index contributed by atoms with van der Waals surface area (Å²) in [6, 6.07) is 0. The summed E-state index contributed by atoms with van der Waals surface area (Å²) < 4.78 is 9.19. The molecule has 0 amide bonds. The third-order valence-electron chi connectivity index (χ3n) is 0. The molecule has 0 fully saturated rings. The summed E-state index contributed by atoms with van der Waals surface area (Å²) in [7, 11) is 0. The van der Waals surface area contributed by atoms with E-state index in [0.29, 0.717) is 0 Å². The van der Waals surface area contributed by atoms with Crippen LogP contribution in [0.2, 0.25) is 0 Å². The first kappa shape index (κ1) is 16.2. The number of hydrogen-bond donors (Lipinski definition) is 3. The van der Waals surface area contributed by atoms with Gasteiger partial charge in [-0.25, -0.2) is 4.57 Å². The van der Waals surface area contributed by atoms with Crippen LogP contribution in [0.4, 0.5) is 0 Å². The summed E-state index contributed by atoms with van der Waals surface area (Å²) in [5.41, 5.74) is 0. The van der Waals surface area contributed by atoms with Gasteiger partial charge in [0.05, 0.1) is 0 Å². The molecule has 7 heavy (non-hydrogen) atoms. The topological polar surface area (TPSA) is 57.5 Å². The molecule has 0 radical (unpaired) electrons. The van der Waals surface area contributed by atoms with Crippen LogP contribution in [-0.4, -0.2) is 68.9 Å². The fourth-order valence-electron chi connectivity index (χ4n) is 0. The molecule has 0 aromatic carbocycles. The zero-order valence-corrected chi connectivity index (χ0v) is 3.99. The second-order valence-electron chi connectivity index (χ2n) is 0.513. The van der Waals surface area contributed by atoms with Crippen molar-refractivity contribution in [1.82, 2.24) is 0 Å². The molecule has 0 aliphatic carbocycles. The molecular weight excluding hydrogens is 157 g/mol. The number of thiol groups is 1. The maximum absolute atomic E-state index is 9.19. The van der Waals surface area contributed by atoms with Crippen molar-refractivity contribution in [3.8, 4) is 0 Å². The van der Waals surface area contributed by atoms with Gasteiger partial charge in [0.25, 0.3) is 0 Å². The first-order valence-corrected chi connectivity index (χ1v) is 3.55. The van der Waals surface area contributed by atoms with Gasteiger partial charge in [0.1, 0.15) is 0 Å². The SMILES string of the molecule is O=P(O)(O)S.[NaH].[NaH]. The Labute approximate surface area is 91.2 Å². The Bertz CT molecular complexity index is 59.1. The van der Waals surface area contributed by atoms with Crippen LogP contribution in [0.3, 0.4) is 0 Å². The van der Waals surface area contributed by atoms with Gasteiger partial charge in [0, 0.05) is 0 Å². The van der Waals surface area contributed by atoms with Gasteiger partial charge >= 0.3 is 65.9 Å². The van der Waals surface area contributed by atoms with Crippen molar-refractivity contribution in [2.45, 2.75) is 0 Å². The van der Waals surface area contributed by atoms with E-state index in [9.17, 15) is 4.57 Å². The summed E-state index contributed by atoms with van der Waals surface area (Å²) in [5.74, 6) is 0. The fraction of sp³-hybridized carbons (Fsp3) is 0. The van der Waals surface area contributed by atoms with Gasteiger partial charge in [0.15, 0.2) is 0 Å². The molecular formula is H5Na2O3PS. The Balaban J connectivity index is -0.0000000800. The van der Waals surface area contributed by atoms with Crippen LogP contribution in [0.15, 0.2) is 0 Å². The summed E-state index contributed by atoms with van der Waals surface area (Å²) in [6.45, 7) is -3.94. The molecule has 0 heterocycles. The van der Waals surface area contributed by atoms with Crippen molar-refractivity contribution in [2.24, 2.45) is 0 Å². The van der Waals surface area contributed by atoms with Crippen molar-refractivity contribution in [1.29, 1.82) is 0 Å². The standard InChI is InChI=1S/2Na.H3O3PS.2H/c;;1-4(2,3)5;;/h;;(H3,1,2,3,5);;. The quantitative estimate of drug-likeness (QED) is 0.236. The van der Waals surface area contributed by atoms with Crippen LogP contribution >= 0.6 is 19.0 Å². The van der Waals surface area contributed by atoms with Crippen LogP contribution in [0.5, 0.6) is 0 Å². The van der Waals surface area contributed by atoms with Gasteiger partial charge in [-0.05, 0) is 0 Å². The Morgan fingerprint density at radius 3 is 1.29 bits per heavy atom. The van der Waals surface area contributed by atoms with E-state index in [2.05, 4.69) is 12.2 Å². The van der Waals surface area contributed by atoms with E-state index in [4.69, 9.17) is 9.79 Å². The van der Waals surface area contributed by atoms with Gasteiger partial charge in [-0.1, -0.05) is 12.2 Å². The van der Waals surface area contributed by atoms with Gasteiger partial charge < -0.3 is 9.79 Å². The van der Waals surface area contributed by atoms with E-state index < -0.39 is 6.80 Å². The molecule has 3 nitrogen and oxygen atoms in total. The molecule has 0 rings (SSSR count). The first-order chi connectivity index (χ1) is 2.00. The average molecular weight is 162 g/mol. The molecule has 0 spiro atoms. The molecule has 0 aliphatic rings. The minimum atomic E-state index is -3.94. The normalized spacial score (nSPS) is 8.43. The molecule has 0 saturated carbocycles. The van der Waals surface area contributed by atoms with Crippen molar-refractivity contribution in [3.05, 3.63) is 0 Å². The Kier molecular flexibility index (Phi) is 15.4. The summed E-state index contributed by atoms with van der Waals surface area (Å²) in [6.07, 6.45) is 0. The third kappa shape index (κ3) is 57.5. The molecule has 7 heteroatoms. The van der Waals surface area contributed by atoms with E-state index in [1.54, 1.807) is 0 Å². The molecule has 0 bridgehead atoms. The predicted octanol–water partition coefficient (Wildman–Crippen LogP) is -1.29. The van der Waals surface area contributed by atoms with Gasteiger partial charge in [-0.15, -0.1) is 0 Å². The van der Waals surface area contributed by atoms with E-state index in [0.717, 1.165) is 0 Å². The van der Waals surface area contributed by atoms with Crippen molar-refractivity contribution < 1.29 is 14.4 Å². The molecule has 2 N–H and O–H groups in total. The van der Waals surface area contributed by atoms with Crippen molar-refractivity contribution in [2.75, 3.05) is 0 Å². The van der Waals surface area contributed by atoms with Gasteiger partial charge in [0.2, 0.25) is 0 Å². The first-order valence-electron chi connectivity index (χ1n) is 0.783. The number of rotatable bonds is 0. The Morgan fingerprint density at radius 1 is 1.29 bits per heavy atom. The zero-order chi connectivity index (χ0) is 4.50. The molecule has 0 aromatic rings. The molecule has 36 valence electrons. The fourth-order valence-corrected chi connectivity index (χ4v) is 0. The summed E-state index contributed by atoms with van der Waals surface area (Å²) in [5, 5.41) is 0. The minimum absolute atomic E-state index is 0. The van der Waals surface area contributed by atoms with Crippen LogP contribution in [0.25, 0.3) is 0 Å². The van der Waals surface area contributed by atoms with Crippen molar-refractivity contribution >= 4 is 78.2 Å². The molecule has 0 unspecified atom stereocenters.